The lowest BCUT2D eigenvalue weighted by Gasteiger charge is -2.38. The van der Waals surface area contributed by atoms with Crippen LogP contribution in [0.1, 0.15) is 23.6 Å². The van der Waals surface area contributed by atoms with Crippen LogP contribution in [0.15, 0.2) is 42.5 Å². The number of rotatable bonds is 8. The van der Waals surface area contributed by atoms with Crippen molar-refractivity contribution in [3.8, 4) is 17.2 Å². The van der Waals surface area contributed by atoms with Crippen LogP contribution < -0.4 is 4.74 Å². The molecule has 0 spiro atoms. The molecule has 1 saturated heterocycles. The molecule has 1 heterocycles. The van der Waals surface area contributed by atoms with E-state index in [1.54, 1.807) is 37.3 Å². The standard InChI is InChI=1S/C25H28O10/c1-13(12-26)2-9-17-18(28)10-15(4-3-14-5-7-16(27)8-6-14)11-19(17)34-25-22(31)20(29)21(30)23(35-25)24(32)33/h2-11,13,20-23,25-31H,12H2,1H3,(H,32,33)/b4-3+,9-2+. The summed E-state index contributed by atoms with van der Waals surface area (Å²) in [5, 5.41) is 69.0. The van der Waals surface area contributed by atoms with Gasteiger partial charge in [0.05, 0.1) is 5.56 Å². The van der Waals surface area contributed by atoms with Crippen LogP contribution in [0.25, 0.3) is 18.2 Å². The number of benzene rings is 2. The van der Waals surface area contributed by atoms with Crippen molar-refractivity contribution in [3.63, 3.8) is 0 Å². The molecule has 0 radical (unpaired) electrons. The van der Waals surface area contributed by atoms with Gasteiger partial charge in [-0.05, 0) is 41.3 Å². The van der Waals surface area contributed by atoms with Crippen molar-refractivity contribution < 1.29 is 50.0 Å². The van der Waals surface area contributed by atoms with E-state index in [2.05, 4.69) is 0 Å². The average Bonchev–Trinajstić information content (AvgIpc) is 2.83. The van der Waals surface area contributed by atoms with Gasteiger partial charge >= 0.3 is 5.97 Å². The number of aliphatic hydroxyl groups excluding tert-OH is 4. The van der Waals surface area contributed by atoms with Crippen LogP contribution in [-0.4, -0.2) is 79.0 Å². The van der Waals surface area contributed by atoms with E-state index < -0.39 is 36.7 Å². The Bertz CT molecular complexity index is 1080. The molecule has 2 aromatic carbocycles. The number of carboxylic acid groups (broad SMARTS) is 1. The molecule has 6 unspecified atom stereocenters. The number of phenols is 2. The van der Waals surface area contributed by atoms with E-state index in [-0.39, 0.29) is 35.3 Å². The number of carboxylic acids is 1. The fraction of sp³-hybridized carbons (Fsp3) is 0.320. The molecule has 10 nitrogen and oxygen atoms in total. The molecular weight excluding hydrogens is 460 g/mol. The van der Waals surface area contributed by atoms with E-state index in [4.69, 9.17) is 9.47 Å². The highest BCUT2D eigenvalue weighted by atomic mass is 16.7. The van der Waals surface area contributed by atoms with E-state index >= 15 is 0 Å². The summed E-state index contributed by atoms with van der Waals surface area (Å²) in [6, 6.07) is 9.35. The van der Waals surface area contributed by atoms with E-state index in [0.717, 1.165) is 5.56 Å². The fourth-order valence-corrected chi connectivity index (χ4v) is 3.37. The van der Waals surface area contributed by atoms with Gasteiger partial charge in [-0.15, -0.1) is 0 Å². The summed E-state index contributed by atoms with van der Waals surface area (Å²) in [6.45, 7) is 1.60. The SMILES string of the molecule is CC(/C=C/c1c(O)cc(/C=C/c2ccc(O)cc2)cc1OC1OC(C(=O)O)C(O)C(O)C1O)CO. The predicted molar refractivity (Wildman–Crippen MR) is 125 cm³/mol. The van der Waals surface area contributed by atoms with Crippen molar-refractivity contribution >= 4 is 24.2 Å². The minimum Gasteiger partial charge on any atom is -0.508 e. The van der Waals surface area contributed by atoms with Crippen molar-refractivity contribution in [3.05, 3.63) is 59.2 Å². The van der Waals surface area contributed by atoms with Gasteiger partial charge in [0, 0.05) is 6.61 Å². The molecule has 35 heavy (non-hydrogen) atoms. The Morgan fingerprint density at radius 2 is 1.66 bits per heavy atom. The molecule has 2 aromatic rings. The second-order valence-electron chi connectivity index (χ2n) is 8.25. The first-order valence-electron chi connectivity index (χ1n) is 10.8. The number of aliphatic hydroxyl groups is 4. The van der Waals surface area contributed by atoms with Crippen molar-refractivity contribution in [1.82, 2.24) is 0 Å². The molecule has 0 amide bonds. The fourth-order valence-electron chi connectivity index (χ4n) is 3.37. The quantitative estimate of drug-likeness (QED) is 0.267. The maximum absolute atomic E-state index is 11.4. The lowest BCUT2D eigenvalue weighted by atomic mass is 9.99. The molecule has 3 rings (SSSR count). The topological polar surface area (TPSA) is 177 Å². The Labute approximate surface area is 201 Å². The van der Waals surface area contributed by atoms with Gasteiger partial charge in [0.2, 0.25) is 6.29 Å². The summed E-state index contributed by atoms with van der Waals surface area (Å²) in [5.74, 6) is -1.91. The van der Waals surface area contributed by atoms with Gasteiger partial charge < -0.3 is 45.2 Å². The smallest absolute Gasteiger partial charge is 0.335 e. The Morgan fingerprint density at radius 1 is 1.00 bits per heavy atom. The van der Waals surface area contributed by atoms with Gasteiger partial charge in [0.25, 0.3) is 0 Å². The second-order valence-corrected chi connectivity index (χ2v) is 8.25. The van der Waals surface area contributed by atoms with Crippen molar-refractivity contribution in [2.24, 2.45) is 5.92 Å². The normalized spacial score (nSPS) is 25.7. The number of carbonyl (C=O) groups is 1. The van der Waals surface area contributed by atoms with Crippen LogP contribution in [0, 0.1) is 5.92 Å². The van der Waals surface area contributed by atoms with E-state index in [9.17, 15) is 40.5 Å². The highest BCUT2D eigenvalue weighted by Gasteiger charge is 2.48. The number of aromatic hydroxyl groups is 2. The zero-order valence-corrected chi connectivity index (χ0v) is 18.8. The van der Waals surface area contributed by atoms with Crippen molar-refractivity contribution in [2.75, 3.05) is 6.61 Å². The number of hydrogen-bond donors (Lipinski definition) is 7. The molecule has 188 valence electrons. The minimum absolute atomic E-state index is 0.00600. The first-order valence-corrected chi connectivity index (χ1v) is 10.8. The summed E-state index contributed by atoms with van der Waals surface area (Å²) in [6.07, 6.45) is -2.56. The second kappa shape index (κ2) is 11.3. The monoisotopic (exact) mass is 488 g/mol. The van der Waals surface area contributed by atoms with Gasteiger partial charge in [0.15, 0.2) is 6.10 Å². The molecule has 0 bridgehead atoms. The largest absolute Gasteiger partial charge is 0.508 e. The first-order chi connectivity index (χ1) is 16.6. The van der Waals surface area contributed by atoms with Crippen LogP contribution in [0.2, 0.25) is 0 Å². The van der Waals surface area contributed by atoms with Gasteiger partial charge in [0.1, 0.15) is 35.6 Å². The number of aliphatic carboxylic acids is 1. The molecule has 10 heteroatoms. The number of phenolic OH excluding ortho intramolecular Hbond substituents is 2. The van der Waals surface area contributed by atoms with E-state index in [1.807, 2.05) is 0 Å². The number of hydrogen-bond acceptors (Lipinski definition) is 9. The lowest BCUT2D eigenvalue weighted by Crippen LogP contribution is -2.61. The highest BCUT2D eigenvalue weighted by Crippen LogP contribution is 2.35. The summed E-state index contributed by atoms with van der Waals surface area (Å²) in [4.78, 5) is 11.4. The van der Waals surface area contributed by atoms with Crippen LogP contribution in [0.3, 0.4) is 0 Å². The third-order valence-electron chi connectivity index (χ3n) is 5.44. The summed E-state index contributed by atoms with van der Waals surface area (Å²) in [7, 11) is 0. The molecule has 0 saturated carbocycles. The van der Waals surface area contributed by atoms with Crippen LogP contribution in [0.5, 0.6) is 17.2 Å². The van der Waals surface area contributed by atoms with Gasteiger partial charge in [-0.25, -0.2) is 4.79 Å². The van der Waals surface area contributed by atoms with Crippen LogP contribution in [-0.2, 0) is 9.53 Å². The van der Waals surface area contributed by atoms with Gasteiger partial charge in [-0.3, -0.25) is 0 Å². The highest BCUT2D eigenvalue weighted by molar-refractivity contribution is 5.75. The number of ether oxygens (including phenoxy) is 2. The Morgan fingerprint density at radius 3 is 2.29 bits per heavy atom. The molecule has 1 aliphatic rings. The molecule has 7 N–H and O–H groups in total. The third kappa shape index (κ3) is 6.38. The molecule has 1 aliphatic heterocycles. The minimum atomic E-state index is -1.87. The summed E-state index contributed by atoms with van der Waals surface area (Å²) in [5.41, 5.74) is 1.40. The molecule has 0 aromatic heterocycles. The summed E-state index contributed by atoms with van der Waals surface area (Å²) < 4.78 is 10.9. The molecule has 6 atom stereocenters. The van der Waals surface area contributed by atoms with Crippen LogP contribution >= 0.6 is 0 Å². The zero-order chi connectivity index (χ0) is 25.7. The molecule has 0 aliphatic carbocycles. The zero-order valence-electron chi connectivity index (χ0n) is 18.8. The molecule has 1 fully saturated rings. The molecular formula is C25H28O10. The Balaban J connectivity index is 1.97. The third-order valence-corrected chi connectivity index (χ3v) is 5.44. The maximum Gasteiger partial charge on any atom is 0.335 e. The van der Waals surface area contributed by atoms with E-state index in [0.29, 0.717) is 5.56 Å². The Kier molecular flexibility index (Phi) is 8.49. The lowest BCUT2D eigenvalue weighted by molar-refractivity contribution is -0.271. The summed E-state index contributed by atoms with van der Waals surface area (Å²) >= 11 is 0. The van der Waals surface area contributed by atoms with Gasteiger partial charge in [-0.2, -0.15) is 0 Å². The van der Waals surface area contributed by atoms with Crippen molar-refractivity contribution in [1.29, 1.82) is 0 Å². The predicted octanol–water partition coefficient (Wildman–Crippen LogP) is 1.18. The maximum atomic E-state index is 11.4. The Hall–Kier alpha value is -3.41. The van der Waals surface area contributed by atoms with Crippen molar-refractivity contribution in [2.45, 2.75) is 37.6 Å². The average molecular weight is 488 g/mol. The first kappa shape index (κ1) is 26.2. The van der Waals surface area contributed by atoms with Gasteiger partial charge in [-0.1, -0.05) is 43.4 Å². The van der Waals surface area contributed by atoms with E-state index in [1.165, 1.54) is 30.3 Å². The van der Waals surface area contributed by atoms with Crippen LogP contribution in [0.4, 0.5) is 0 Å².